The smallest absolute Gasteiger partial charge is 0.259 e. The fourth-order valence-corrected chi connectivity index (χ4v) is 5.03. The fraction of sp³-hybridized carbons (Fsp3) is 0.481. The third-order valence-corrected chi connectivity index (χ3v) is 7.17. The summed E-state index contributed by atoms with van der Waals surface area (Å²) >= 11 is 0. The number of hydrogen-bond donors (Lipinski definition) is 0. The number of hydrogen-bond acceptors (Lipinski definition) is 6. The van der Waals surface area contributed by atoms with Gasteiger partial charge in [-0.15, -0.1) is 0 Å². The lowest BCUT2D eigenvalue weighted by atomic mass is 10.0. The fourth-order valence-electron chi connectivity index (χ4n) is 5.03. The van der Waals surface area contributed by atoms with Crippen LogP contribution in [0.4, 0.5) is 0 Å². The Kier molecular flexibility index (Phi) is 6.81. The number of amides is 2. The Morgan fingerprint density at radius 3 is 2.26 bits per heavy atom. The minimum absolute atomic E-state index is 0.0458. The van der Waals surface area contributed by atoms with E-state index >= 15 is 0 Å². The number of benzene rings is 1. The molecule has 8 nitrogen and oxygen atoms in total. The van der Waals surface area contributed by atoms with Gasteiger partial charge >= 0.3 is 0 Å². The summed E-state index contributed by atoms with van der Waals surface area (Å²) in [5, 5.41) is 4.74. The highest BCUT2D eigenvalue weighted by molar-refractivity contribution is 6.07. The molecule has 0 bridgehead atoms. The van der Waals surface area contributed by atoms with E-state index in [2.05, 4.69) is 15.0 Å². The van der Waals surface area contributed by atoms with Crippen molar-refractivity contribution >= 4 is 22.9 Å². The summed E-state index contributed by atoms with van der Waals surface area (Å²) in [4.78, 5) is 37.1. The molecule has 8 heteroatoms. The van der Waals surface area contributed by atoms with Gasteiger partial charge in [0.25, 0.3) is 11.6 Å². The van der Waals surface area contributed by atoms with Crippen molar-refractivity contribution in [2.45, 2.75) is 39.5 Å². The van der Waals surface area contributed by atoms with E-state index in [-0.39, 0.29) is 11.8 Å². The molecule has 0 saturated carbocycles. The Labute approximate surface area is 205 Å². The first-order valence-corrected chi connectivity index (χ1v) is 12.6. The van der Waals surface area contributed by atoms with Gasteiger partial charge in [-0.2, -0.15) is 0 Å². The van der Waals surface area contributed by atoms with Crippen molar-refractivity contribution in [3.8, 4) is 11.3 Å². The normalized spacial score (nSPS) is 17.5. The van der Waals surface area contributed by atoms with E-state index < -0.39 is 0 Å². The first-order valence-electron chi connectivity index (χ1n) is 12.6. The molecule has 184 valence electrons. The zero-order chi connectivity index (χ0) is 24.4. The lowest BCUT2D eigenvalue weighted by molar-refractivity contribution is -0.132. The van der Waals surface area contributed by atoms with Gasteiger partial charge in [0.05, 0.1) is 28.9 Å². The van der Waals surface area contributed by atoms with Gasteiger partial charge in [0, 0.05) is 44.8 Å². The van der Waals surface area contributed by atoms with Crippen LogP contribution in [-0.4, -0.2) is 82.5 Å². The standard InChI is InChI=1S/C27H33N5O3/c1-19-7-9-21(10-8-19)23-17-22(25-20(2)29-35-26(25)28-23)27(34)32-15-13-30(14-16-32)18-24(33)31-11-5-3-4-6-12-31/h7-10,17H,3-6,11-16,18H2,1-2H3. The molecule has 3 aromatic rings. The van der Waals surface area contributed by atoms with Crippen molar-refractivity contribution < 1.29 is 14.1 Å². The van der Waals surface area contributed by atoms with Gasteiger partial charge in [-0.25, -0.2) is 4.98 Å². The largest absolute Gasteiger partial charge is 0.342 e. The van der Waals surface area contributed by atoms with Gasteiger partial charge in [0.1, 0.15) is 0 Å². The molecular weight excluding hydrogens is 442 g/mol. The van der Waals surface area contributed by atoms with Crippen LogP contribution in [0.25, 0.3) is 22.4 Å². The van der Waals surface area contributed by atoms with Gasteiger partial charge < -0.3 is 14.3 Å². The number of carbonyl (C=O) groups excluding carboxylic acids is 2. The van der Waals surface area contributed by atoms with Gasteiger partial charge in [-0.3, -0.25) is 14.5 Å². The topological polar surface area (TPSA) is 82.8 Å². The molecule has 0 N–H and O–H groups in total. The first-order chi connectivity index (χ1) is 17.0. The number of carbonyl (C=O) groups is 2. The van der Waals surface area contributed by atoms with Crippen molar-refractivity contribution in [1.29, 1.82) is 0 Å². The summed E-state index contributed by atoms with van der Waals surface area (Å²) in [6.45, 7) is 8.59. The molecule has 0 spiro atoms. The van der Waals surface area contributed by atoms with Crippen molar-refractivity contribution in [1.82, 2.24) is 24.8 Å². The molecule has 4 heterocycles. The molecule has 2 amide bonds. The number of fused-ring (bicyclic) bond motifs is 1. The lowest BCUT2D eigenvalue weighted by Crippen LogP contribution is -2.51. The monoisotopic (exact) mass is 475 g/mol. The molecule has 35 heavy (non-hydrogen) atoms. The quantitative estimate of drug-likeness (QED) is 0.573. The Bertz CT molecular complexity index is 1200. The van der Waals surface area contributed by atoms with Gasteiger partial charge in [-0.1, -0.05) is 47.8 Å². The van der Waals surface area contributed by atoms with E-state index in [1.807, 2.05) is 54.0 Å². The zero-order valence-corrected chi connectivity index (χ0v) is 20.6. The van der Waals surface area contributed by atoms with Crippen LogP contribution in [0.3, 0.4) is 0 Å². The van der Waals surface area contributed by atoms with Crippen LogP contribution in [0.2, 0.25) is 0 Å². The van der Waals surface area contributed by atoms with Crippen LogP contribution in [0.5, 0.6) is 0 Å². The highest BCUT2D eigenvalue weighted by Crippen LogP contribution is 2.28. The molecule has 2 aromatic heterocycles. The van der Waals surface area contributed by atoms with Crippen molar-refractivity contribution in [2.75, 3.05) is 45.8 Å². The van der Waals surface area contributed by atoms with Gasteiger partial charge in [0.15, 0.2) is 0 Å². The predicted octanol–water partition coefficient (Wildman–Crippen LogP) is 3.67. The molecule has 1 aromatic carbocycles. The van der Waals surface area contributed by atoms with Crippen molar-refractivity contribution in [2.24, 2.45) is 0 Å². The maximum atomic E-state index is 13.7. The Morgan fingerprint density at radius 1 is 0.886 bits per heavy atom. The van der Waals surface area contributed by atoms with Crippen molar-refractivity contribution in [3.63, 3.8) is 0 Å². The lowest BCUT2D eigenvalue weighted by Gasteiger charge is -2.35. The predicted molar refractivity (Wildman–Crippen MR) is 134 cm³/mol. The molecule has 0 unspecified atom stereocenters. The maximum absolute atomic E-state index is 13.7. The third kappa shape index (κ3) is 5.07. The van der Waals surface area contributed by atoms with Crippen LogP contribution in [0, 0.1) is 13.8 Å². The van der Waals surface area contributed by atoms with Crippen LogP contribution in [0.1, 0.15) is 47.3 Å². The highest BCUT2D eigenvalue weighted by atomic mass is 16.5. The molecule has 0 radical (unpaired) electrons. The summed E-state index contributed by atoms with van der Waals surface area (Å²) in [7, 11) is 0. The zero-order valence-electron chi connectivity index (χ0n) is 20.6. The van der Waals surface area contributed by atoms with Gasteiger partial charge in [-0.05, 0) is 32.8 Å². The number of aryl methyl sites for hydroxylation is 2. The van der Waals surface area contributed by atoms with Gasteiger partial charge in [0.2, 0.25) is 5.91 Å². The van der Waals surface area contributed by atoms with E-state index in [0.29, 0.717) is 60.8 Å². The van der Waals surface area contributed by atoms with Crippen LogP contribution in [0.15, 0.2) is 34.9 Å². The number of piperazine rings is 1. The Hall–Kier alpha value is -3.26. The second-order valence-electron chi connectivity index (χ2n) is 9.73. The molecule has 2 fully saturated rings. The second kappa shape index (κ2) is 10.2. The molecular formula is C27H33N5O3. The van der Waals surface area contributed by atoms with E-state index in [4.69, 9.17) is 4.52 Å². The Balaban J connectivity index is 1.30. The summed E-state index contributed by atoms with van der Waals surface area (Å²) in [5.41, 5.74) is 4.39. The summed E-state index contributed by atoms with van der Waals surface area (Å²) in [6.07, 6.45) is 4.62. The molecule has 0 aliphatic carbocycles. The third-order valence-electron chi connectivity index (χ3n) is 7.17. The maximum Gasteiger partial charge on any atom is 0.259 e. The van der Waals surface area contributed by atoms with Crippen LogP contribution >= 0.6 is 0 Å². The molecule has 5 rings (SSSR count). The van der Waals surface area contributed by atoms with E-state index in [0.717, 1.165) is 37.1 Å². The SMILES string of the molecule is Cc1ccc(-c2cc(C(=O)N3CCN(CC(=O)N4CCCCCC4)CC3)c3c(C)noc3n2)cc1. The number of aromatic nitrogens is 2. The van der Waals surface area contributed by atoms with Crippen molar-refractivity contribution in [3.05, 3.63) is 47.2 Å². The summed E-state index contributed by atoms with van der Waals surface area (Å²) in [5.74, 6) is 0.168. The second-order valence-corrected chi connectivity index (χ2v) is 9.73. The number of likely N-dealkylation sites (tertiary alicyclic amines) is 1. The van der Waals surface area contributed by atoms with E-state index in [1.165, 1.54) is 12.8 Å². The van der Waals surface area contributed by atoms with E-state index in [1.54, 1.807) is 0 Å². The number of rotatable bonds is 4. The molecule has 2 aliphatic rings. The molecule has 2 aliphatic heterocycles. The molecule has 2 saturated heterocycles. The highest BCUT2D eigenvalue weighted by Gasteiger charge is 2.28. The number of pyridine rings is 1. The van der Waals surface area contributed by atoms with E-state index in [9.17, 15) is 9.59 Å². The minimum atomic E-state index is -0.0458. The Morgan fingerprint density at radius 2 is 1.57 bits per heavy atom. The van der Waals surface area contributed by atoms with Crippen LogP contribution < -0.4 is 0 Å². The summed E-state index contributed by atoms with van der Waals surface area (Å²) < 4.78 is 5.46. The molecule has 0 atom stereocenters. The summed E-state index contributed by atoms with van der Waals surface area (Å²) in [6, 6.07) is 9.91. The average molecular weight is 476 g/mol. The minimum Gasteiger partial charge on any atom is -0.342 e. The van der Waals surface area contributed by atoms with Crippen LogP contribution in [-0.2, 0) is 4.79 Å². The first kappa shape index (κ1) is 23.5. The number of nitrogens with zero attached hydrogens (tertiary/aromatic N) is 5. The average Bonchev–Trinajstić information content (AvgIpc) is 3.07.